The van der Waals surface area contributed by atoms with Gasteiger partial charge in [0.15, 0.2) is 0 Å². The largest absolute Gasteiger partial charge is 0.748 e. The Labute approximate surface area is 90.2 Å². The summed E-state index contributed by atoms with van der Waals surface area (Å²) >= 11 is 0. The van der Waals surface area contributed by atoms with Crippen molar-refractivity contribution in [3.63, 3.8) is 0 Å². The van der Waals surface area contributed by atoms with Gasteiger partial charge in [-0.1, -0.05) is 5.30 Å². The van der Waals surface area contributed by atoms with Gasteiger partial charge in [0.25, 0.3) is 0 Å². The molecule has 3 heteroatoms. The molecule has 0 aliphatic rings. The summed E-state index contributed by atoms with van der Waals surface area (Å²) in [6, 6.07) is 17.4. The maximum absolute atomic E-state index is 9.96. The molecule has 0 unspecified atom stereocenters. The van der Waals surface area contributed by atoms with E-state index in [-0.39, 0.29) is 25.5 Å². The fourth-order valence-electron chi connectivity index (χ4n) is 0.745. The molecular formula is C10H9FeOP-6. The van der Waals surface area contributed by atoms with Gasteiger partial charge in [-0.3, -0.25) is 4.57 Å². The van der Waals surface area contributed by atoms with Gasteiger partial charge < -0.3 is 30.3 Å². The van der Waals surface area contributed by atoms with Crippen molar-refractivity contribution in [3.05, 3.63) is 54.6 Å². The van der Waals surface area contributed by atoms with Gasteiger partial charge in [-0.2, -0.15) is 12.1 Å². The van der Waals surface area contributed by atoms with E-state index in [1.165, 1.54) is 0 Å². The summed E-state index contributed by atoms with van der Waals surface area (Å²) in [6.07, 6.45) is 0. The van der Waals surface area contributed by atoms with Crippen molar-refractivity contribution >= 4 is 13.8 Å². The number of hydrogen-bond donors (Lipinski definition) is 0. The first-order chi connectivity index (χ1) is 5.93. The molecule has 0 aromatic heterocycles. The van der Waals surface area contributed by atoms with Crippen LogP contribution in [0.1, 0.15) is 0 Å². The second-order valence-corrected chi connectivity index (χ2v) is 2.90. The van der Waals surface area contributed by atoms with E-state index in [1.807, 2.05) is 54.6 Å². The molecule has 0 atom stereocenters. The maximum Gasteiger partial charge on any atom is 0.122 e. The molecule has 0 aliphatic heterocycles. The normalized spacial score (nSPS) is 8.31. The average Bonchev–Trinajstić information content (AvgIpc) is 2.81. The molecule has 0 saturated carbocycles. The van der Waals surface area contributed by atoms with Crippen molar-refractivity contribution in [1.29, 1.82) is 0 Å². The zero-order valence-corrected chi connectivity index (χ0v) is 8.90. The Morgan fingerprint density at radius 2 is 1.31 bits per heavy atom. The fourth-order valence-corrected chi connectivity index (χ4v) is 1.04. The Morgan fingerprint density at radius 1 is 0.923 bits per heavy atom. The number of hydrogen-bond acceptors (Lipinski definition) is 1. The Kier molecular flexibility index (Phi) is 7.53. The molecular weight excluding hydrogens is 223 g/mol. The van der Waals surface area contributed by atoms with E-state index in [9.17, 15) is 4.57 Å². The molecule has 0 amide bonds. The molecule has 0 fully saturated rings. The van der Waals surface area contributed by atoms with Crippen LogP contribution in [0.25, 0.3) is 0 Å². The van der Waals surface area contributed by atoms with Crippen LogP contribution < -0.4 is 5.30 Å². The second kappa shape index (κ2) is 7.94. The van der Waals surface area contributed by atoms with Crippen molar-refractivity contribution in [2.45, 2.75) is 0 Å². The minimum atomic E-state index is 0. The monoisotopic (exact) mass is 232 g/mol. The molecule has 0 aliphatic carbocycles. The summed E-state index contributed by atoms with van der Waals surface area (Å²) in [4.78, 5) is 0. The molecule has 74 valence electrons. The first kappa shape index (κ1) is 12.3. The Hall–Kier alpha value is -0.681. The molecule has 2 rings (SSSR count). The Morgan fingerprint density at radius 3 is 1.54 bits per heavy atom. The van der Waals surface area contributed by atoms with E-state index in [1.54, 1.807) is 0 Å². The summed E-state index contributed by atoms with van der Waals surface area (Å²) in [5.74, 6) is 0. The zero-order valence-electron chi connectivity index (χ0n) is 6.91. The summed E-state index contributed by atoms with van der Waals surface area (Å²) in [6.45, 7) is 0. The quantitative estimate of drug-likeness (QED) is 0.419. The first-order valence-electron chi connectivity index (χ1n) is 3.65. The maximum atomic E-state index is 9.96. The molecule has 1 nitrogen and oxygen atoms in total. The third-order valence-electron chi connectivity index (χ3n) is 1.31. The van der Waals surface area contributed by atoms with Crippen LogP contribution in [0, 0.1) is 0 Å². The topological polar surface area (TPSA) is 17.1 Å². The van der Waals surface area contributed by atoms with E-state index in [0.29, 0.717) is 0 Å². The number of rotatable bonds is 1. The third-order valence-corrected chi connectivity index (χ3v) is 1.82. The molecule has 13 heavy (non-hydrogen) atoms. The molecule has 2 aromatic rings. The second-order valence-electron chi connectivity index (χ2n) is 2.20. The van der Waals surface area contributed by atoms with Gasteiger partial charge in [-0.05, 0) is 0 Å². The molecule has 0 N–H and O–H groups in total. The Bertz CT molecular complexity index is 269. The van der Waals surface area contributed by atoms with Crippen LogP contribution in [0.2, 0.25) is 0 Å². The van der Waals surface area contributed by atoms with Crippen LogP contribution >= 0.6 is 8.46 Å². The van der Waals surface area contributed by atoms with Gasteiger partial charge in [0, 0.05) is 17.1 Å². The molecule has 0 saturated heterocycles. The molecule has 0 bridgehead atoms. The van der Waals surface area contributed by atoms with Crippen LogP contribution in [0.4, 0.5) is 0 Å². The fraction of sp³-hybridized carbons (Fsp3) is 0. The molecule has 0 radical (unpaired) electrons. The van der Waals surface area contributed by atoms with Crippen LogP contribution in [0.5, 0.6) is 0 Å². The van der Waals surface area contributed by atoms with E-state index in [0.717, 1.165) is 5.30 Å². The van der Waals surface area contributed by atoms with Crippen molar-refractivity contribution in [2.75, 3.05) is 0 Å². The van der Waals surface area contributed by atoms with Crippen LogP contribution in [-0.2, 0) is 21.6 Å². The zero-order chi connectivity index (χ0) is 8.65. The summed E-state index contributed by atoms with van der Waals surface area (Å²) < 4.78 is 9.96. The van der Waals surface area contributed by atoms with E-state index in [2.05, 4.69) is 0 Å². The van der Waals surface area contributed by atoms with Gasteiger partial charge in [-0.25, -0.2) is 12.1 Å². The third kappa shape index (κ3) is 5.54. The van der Waals surface area contributed by atoms with Gasteiger partial charge >= 0.3 is 0 Å². The molecule has 2 aromatic carbocycles. The Balaban J connectivity index is 0.000000215. The smallest absolute Gasteiger partial charge is 0.122 e. The minimum Gasteiger partial charge on any atom is -0.748 e. The van der Waals surface area contributed by atoms with Gasteiger partial charge in [0.1, 0.15) is 8.46 Å². The van der Waals surface area contributed by atoms with Gasteiger partial charge in [-0.15, -0.1) is 0 Å². The van der Waals surface area contributed by atoms with Gasteiger partial charge in [0.2, 0.25) is 0 Å². The van der Waals surface area contributed by atoms with Crippen LogP contribution in [-0.4, -0.2) is 0 Å². The van der Waals surface area contributed by atoms with Crippen molar-refractivity contribution in [3.8, 4) is 0 Å². The summed E-state index contributed by atoms with van der Waals surface area (Å²) in [5, 5.41) is 0.847. The van der Waals surface area contributed by atoms with E-state index >= 15 is 0 Å². The standard InChI is InChI=1S/C5H4OP.C5H5.Fe/c6-7-5-3-1-2-4-5;1-2-4-5-3-1;/h1-4H;1-5H;/q-1;-5;. The minimum absolute atomic E-state index is 0. The molecule has 0 heterocycles. The van der Waals surface area contributed by atoms with E-state index in [4.69, 9.17) is 0 Å². The van der Waals surface area contributed by atoms with Crippen LogP contribution in [0.3, 0.4) is 0 Å². The van der Waals surface area contributed by atoms with E-state index < -0.39 is 0 Å². The first-order valence-corrected chi connectivity index (χ1v) is 4.46. The summed E-state index contributed by atoms with van der Waals surface area (Å²) in [7, 11) is 0.115. The van der Waals surface area contributed by atoms with Crippen molar-refractivity contribution in [2.24, 2.45) is 0 Å². The molecule has 0 spiro atoms. The van der Waals surface area contributed by atoms with Crippen molar-refractivity contribution in [1.82, 2.24) is 0 Å². The SMILES string of the molecule is O=P[c-]1cccc1.[Fe].[cH-]1[cH-][cH-][cH-][cH-]1. The van der Waals surface area contributed by atoms with Gasteiger partial charge in [0.05, 0.1) is 0 Å². The predicted octanol–water partition coefficient (Wildman–Crippen LogP) is 2.73. The van der Waals surface area contributed by atoms with Crippen LogP contribution in [0.15, 0.2) is 54.6 Å². The summed E-state index contributed by atoms with van der Waals surface area (Å²) in [5.41, 5.74) is 0. The van der Waals surface area contributed by atoms with Crippen molar-refractivity contribution < 1.29 is 21.6 Å². The predicted molar refractivity (Wildman–Crippen MR) is 51.3 cm³/mol. The average molecular weight is 232 g/mol.